The summed E-state index contributed by atoms with van der Waals surface area (Å²) in [4.78, 5) is 99.7. The maximum Gasteiger partial charge on any atom is 0.490 e. The lowest BCUT2D eigenvalue weighted by Gasteiger charge is -2.35. The number of nitrogens with two attached hydrogens (primary N) is 2. The Hall–Kier alpha value is -5.80. The predicted molar refractivity (Wildman–Crippen MR) is 268 cm³/mol. The maximum atomic E-state index is 13.7. The van der Waals surface area contributed by atoms with E-state index in [1.54, 1.807) is 30.3 Å². The summed E-state index contributed by atoms with van der Waals surface area (Å²) in [5, 5.41) is 47.9. The Morgan fingerprint density at radius 3 is 2.17 bits per heavy atom. The number of H-pyrrole nitrogens is 1. The number of aliphatic hydroxyl groups is 4. The second kappa shape index (κ2) is 24.7. The number of phosphoric ester groups is 3. The zero-order chi connectivity index (χ0) is 59.9. The van der Waals surface area contributed by atoms with E-state index in [0.717, 1.165) is 36.9 Å². The molecule has 2 amide bonds. The number of benzene rings is 1. The normalized spacial score (nSPS) is 30.2. The number of aryl methyl sites for hydroxylation is 1. The van der Waals surface area contributed by atoms with Gasteiger partial charge in [0.25, 0.3) is 11.5 Å². The van der Waals surface area contributed by atoms with Crippen LogP contribution in [0.15, 0.2) is 66.4 Å². The lowest BCUT2D eigenvalue weighted by Crippen LogP contribution is -2.55. The number of hydrogen-bond donors (Lipinski definition) is 13. The number of nitrogen functional groups attached to an aromatic ring is 2. The van der Waals surface area contributed by atoms with Crippen molar-refractivity contribution in [2.45, 2.75) is 80.5 Å². The molecular weight excluding hydrogens is 1200 g/mol. The van der Waals surface area contributed by atoms with Crippen LogP contribution in [-0.2, 0) is 87.1 Å². The second-order valence-electron chi connectivity index (χ2n) is 18.5. The monoisotopic (exact) mass is 1260 g/mol. The molecular formula is C40H54N13O26P4+. The quantitative estimate of drug-likeness (QED) is 0.0226. The number of phosphoric acid groups is 4. The fraction of sp³-hybridized carbons (Fsp3) is 0.500. The molecule has 3 fully saturated rings. The van der Waals surface area contributed by atoms with E-state index >= 15 is 0 Å². The summed E-state index contributed by atoms with van der Waals surface area (Å²) in [6.45, 7) is -4.01. The summed E-state index contributed by atoms with van der Waals surface area (Å²) < 4.78 is 115. The minimum atomic E-state index is -6.27. The third-order valence-electron chi connectivity index (χ3n) is 13.0. The molecule has 43 heteroatoms. The number of ether oxygens (including phenoxy) is 5. The first-order valence-corrected chi connectivity index (χ1v) is 30.1. The average molecular weight is 1260 g/mol. The molecule has 0 saturated carbocycles. The van der Waals surface area contributed by atoms with Crippen LogP contribution < -0.4 is 32.2 Å². The van der Waals surface area contributed by atoms with Gasteiger partial charge in [0.05, 0.1) is 39.3 Å². The number of amides is 2. The minimum absolute atomic E-state index is 0.00137. The number of carbonyl (C=O) groups is 2. The molecule has 15 N–H and O–H groups in total. The number of anilines is 2. The molecule has 5 aromatic rings. The van der Waals surface area contributed by atoms with Crippen molar-refractivity contribution in [3.05, 3.63) is 77.5 Å². The number of nitrogens with one attached hydrogen (secondary N) is 3. The smallest absolute Gasteiger partial charge is 0.445 e. The Labute approximate surface area is 464 Å². The molecule has 3 saturated heterocycles. The van der Waals surface area contributed by atoms with Crippen LogP contribution in [0.5, 0.6) is 0 Å². The topological polar surface area (TPSA) is 543 Å². The molecule has 0 bridgehead atoms. The zero-order valence-corrected chi connectivity index (χ0v) is 46.3. The van der Waals surface area contributed by atoms with E-state index in [1.807, 2.05) is 0 Å². The van der Waals surface area contributed by atoms with Gasteiger partial charge in [0, 0.05) is 31.8 Å². The van der Waals surface area contributed by atoms with Gasteiger partial charge in [0.2, 0.25) is 24.0 Å². The van der Waals surface area contributed by atoms with E-state index in [4.69, 9.17) is 53.2 Å². The van der Waals surface area contributed by atoms with Gasteiger partial charge in [-0.05, 0) is 5.56 Å². The number of fused-ring (bicyclic) bond motifs is 2. The van der Waals surface area contributed by atoms with Crippen molar-refractivity contribution in [2.24, 2.45) is 13.0 Å². The fourth-order valence-corrected chi connectivity index (χ4v) is 13.7. The standard InChI is InChI=1S/C40H53N13O26P4/c1-50-17-53(33-25(50)34(58)49-38(42)48-33)35-26(55)19(10-43-40(60)70-11-18-6-4-3-5-7-18)20(74-35)12-72-81(63,64)78-83(67,68)79-82(65,66)73-14-22-29(30(69-2)37(76-22)52-16-46-24-31(41)44-15-45-32(24)52)77-80(61,62)71-13-21-27(56)28(57)36(75-21)51-9-8-23(54)47-39(51)59/h3-9,15-17,19-22,26-30,35-37,39,55-57,59H,10-14H2,1-2H3,(H10-,41,42,43,44,45,47,48,49,54,58,60,61,62,63,64,65,66,67,68)/p+1/t19-,20-,21-,22-,26-,27-,28-,29-,30-,35-,36-,37-,39?/m1/s1. The lowest BCUT2D eigenvalue weighted by atomic mass is 9.98. The van der Waals surface area contributed by atoms with Crippen molar-refractivity contribution >= 4 is 77.4 Å². The molecule has 5 unspecified atom stereocenters. The number of rotatable bonds is 23. The van der Waals surface area contributed by atoms with Crippen molar-refractivity contribution in [3.8, 4) is 0 Å². The highest BCUT2D eigenvalue weighted by Crippen LogP contribution is 2.68. The molecule has 9 rings (SSSR count). The Morgan fingerprint density at radius 2 is 1.48 bits per heavy atom. The summed E-state index contributed by atoms with van der Waals surface area (Å²) in [6, 6.07) is 8.54. The number of hydrogen-bond acceptors (Lipinski definition) is 29. The molecule has 8 heterocycles. The van der Waals surface area contributed by atoms with E-state index < -0.39 is 155 Å². The van der Waals surface area contributed by atoms with E-state index in [1.165, 1.54) is 27.1 Å². The largest absolute Gasteiger partial charge is 0.490 e. The van der Waals surface area contributed by atoms with Crippen LogP contribution in [0.25, 0.3) is 22.3 Å². The molecule has 39 nitrogen and oxygen atoms in total. The van der Waals surface area contributed by atoms with Gasteiger partial charge in [0.15, 0.2) is 30.2 Å². The van der Waals surface area contributed by atoms with Crippen molar-refractivity contribution < 1.29 is 123 Å². The third-order valence-corrected chi connectivity index (χ3v) is 18.2. The molecule has 4 aliphatic heterocycles. The Bertz CT molecular complexity index is 3490. The van der Waals surface area contributed by atoms with Gasteiger partial charge in [-0.3, -0.25) is 41.8 Å². The van der Waals surface area contributed by atoms with Gasteiger partial charge in [-0.2, -0.15) is 8.62 Å². The van der Waals surface area contributed by atoms with Gasteiger partial charge in [-0.15, -0.1) is 0 Å². The van der Waals surface area contributed by atoms with Gasteiger partial charge in [-0.1, -0.05) is 35.3 Å². The van der Waals surface area contributed by atoms with Crippen molar-refractivity contribution in [3.63, 3.8) is 0 Å². The van der Waals surface area contributed by atoms with Crippen molar-refractivity contribution in [2.75, 3.05) is 44.9 Å². The molecule has 4 aliphatic rings. The van der Waals surface area contributed by atoms with E-state index in [9.17, 15) is 72.6 Å². The van der Waals surface area contributed by atoms with Crippen molar-refractivity contribution in [1.82, 2.24) is 49.6 Å². The minimum Gasteiger partial charge on any atom is -0.445 e. The highest BCUT2D eigenvalue weighted by molar-refractivity contribution is 7.66. The number of aromatic nitrogens is 8. The van der Waals surface area contributed by atoms with E-state index in [0.29, 0.717) is 5.56 Å². The van der Waals surface area contributed by atoms with Gasteiger partial charge >= 0.3 is 43.0 Å². The molecule has 0 aliphatic carbocycles. The van der Waals surface area contributed by atoms with Crippen LogP contribution in [0.1, 0.15) is 18.0 Å². The van der Waals surface area contributed by atoms with Crippen LogP contribution in [0, 0.1) is 5.92 Å². The zero-order valence-electron chi connectivity index (χ0n) is 42.8. The highest BCUT2D eigenvalue weighted by Gasteiger charge is 2.54. The number of alkyl carbamates (subject to hydrolysis) is 1. The Balaban J connectivity index is 0.867. The van der Waals surface area contributed by atoms with Crippen molar-refractivity contribution in [1.29, 1.82) is 0 Å². The first-order chi connectivity index (χ1) is 39.1. The molecule has 0 spiro atoms. The Kier molecular flexibility index (Phi) is 18.3. The molecule has 1 aromatic carbocycles. The van der Waals surface area contributed by atoms with Gasteiger partial charge in [0.1, 0.15) is 61.2 Å². The highest BCUT2D eigenvalue weighted by atomic mass is 31.3. The molecule has 0 radical (unpaired) electrons. The fourth-order valence-electron chi connectivity index (χ4n) is 9.20. The molecule has 83 heavy (non-hydrogen) atoms. The number of carbonyl (C=O) groups excluding carboxylic acids is 2. The van der Waals surface area contributed by atoms with Crippen LogP contribution in [-0.4, -0.2) is 186 Å². The summed E-state index contributed by atoms with van der Waals surface area (Å²) in [5.74, 6) is -2.38. The lowest BCUT2D eigenvalue weighted by molar-refractivity contribution is -0.745. The SMILES string of the molecule is CO[C@@H]1[C@H](OP(=O)(O)OC[C@H]2O[C@@H](N3C=CC(=O)NC3O)[C@H](O)[C@@H]2O)[C@@H](COP(=O)(O)OP(=O)(O)OP(=O)(O)OC[C@H]2O[C@@H]([n+]3cn(C)c4c(=O)[nH]c(N)nc43)[C@H](O)[C@@H]2CNC(=O)OCc2ccccc2)O[C@H]1n1cnc2c(N)ncnc21. The van der Waals surface area contributed by atoms with E-state index in [2.05, 4.69) is 44.2 Å². The average Bonchev–Trinajstić information content (AvgIpc) is 2.53. The molecule has 17 atom stereocenters. The first-order valence-electron chi connectivity index (χ1n) is 24.1. The van der Waals surface area contributed by atoms with Crippen LogP contribution >= 0.6 is 31.3 Å². The predicted octanol–water partition coefficient (Wildman–Crippen LogP) is -3.20. The third kappa shape index (κ3) is 14.0. The molecule has 4 aromatic heterocycles. The van der Waals surface area contributed by atoms with Gasteiger partial charge in [-0.25, -0.2) is 42.6 Å². The Morgan fingerprint density at radius 1 is 0.819 bits per heavy atom. The van der Waals surface area contributed by atoms with Crippen LogP contribution in [0.3, 0.4) is 0 Å². The van der Waals surface area contributed by atoms with Gasteiger partial charge < -0.3 is 90.7 Å². The number of imidazole rings is 2. The summed E-state index contributed by atoms with van der Waals surface area (Å²) in [5.41, 5.74) is 11.6. The summed E-state index contributed by atoms with van der Waals surface area (Å²) in [7, 11) is -21.1. The number of aliphatic hydroxyl groups excluding tert-OH is 4. The van der Waals surface area contributed by atoms with E-state index in [-0.39, 0.29) is 40.7 Å². The van der Waals surface area contributed by atoms with Crippen LogP contribution in [0.4, 0.5) is 16.6 Å². The number of methoxy groups -OCH3 is 1. The second-order valence-corrected chi connectivity index (χ2v) is 24.5. The summed E-state index contributed by atoms with van der Waals surface area (Å²) in [6.07, 6.45) is -15.4. The van der Waals surface area contributed by atoms with Crippen LogP contribution in [0.2, 0.25) is 0 Å². The maximum absolute atomic E-state index is 13.7. The number of aromatic amines is 1. The number of nitrogens with zero attached hydrogens (tertiary/aromatic N) is 8. The summed E-state index contributed by atoms with van der Waals surface area (Å²) >= 11 is 0. The molecule has 454 valence electrons. The first kappa shape index (κ1) is 61.8.